The molecule has 0 radical (unpaired) electrons. The molecule has 1 fully saturated rings. The average Bonchev–Trinajstić information content (AvgIpc) is 2.77. The summed E-state index contributed by atoms with van der Waals surface area (Å²) in [6, 6.07) is 14.2. The van der Waals surface area contributed by atoms with E-state index in [2.05, 4.69) is 34.5 Å². The predicted molar refractivity (Wildman–Crippen MR) is 112 cm³/mol. The number of nitrogens with zero attached hydrogens (tertiary/aromatic N) is 1. The highest BCUT2D eigenvalue weighted by atomic mass is 16.5. The maximum Gasteiger partial charge on any atom is 0.223 e. The fraction of sp³-hybridized carbons (Fsp3) is 0.435. The van der Waals surface area contributed by atoms with Crippen molar-refractivity contribution in [3.8, 4) is 17.2 Å². The molecule has 0 spiro atoms. The minimum Gasteiger partial charge on any atom is -0.493 e. The maximum absolute atomic E-state index is 12.7. The van der Waals surface area contributed by atoms with Crippen LogP contribution in [0.15, 0.2) is 42.5 Å². The van der Waals surface area contributed by atoms with Crippen LogP contribution < -0.4 is 19.5 Å². The summed E-state index contributed by atoms with van der Waals surface area (Å²) in [5, 5.41) is 3.06. The Balaban J connectivity index is 1.53. The maximum atomic E-state index is 12.7. The van der Waals surface area contributed by atoms with Gasteiger partial charge in [-0.3, -0.25) is 9.69 Å². The number of piperidine rings is 1. The summed E-state index contributed by atoms with van der Waals surface area (Å²) in [7, 11) is 4.75. The number of nitrogens with one attached hydrogen (secondary N) is 1. The van der Waals surface area contributed by atoms with Gasteiger partial charge in [-0.25, -0.2) is 0 Å². The second-order valence-corrected chi connectivity index (χ2v) is 7.25. The molecule has 1 N–H and O–H groups in total. The van der Waals surface area contributed by atoms with E-state index in [9.17, 15) is 4.79 Å². The monoisotopic (exact) mass is 398 g/mol. The molecule has 3 rings (SSSR count). The van der Waals surface area contributed by atoms with Crippen LogP contribution in [0.4, 0.5) is 0 Å². The Morgan fingerprint density at radius 3 is 2.28 bits per heavy atom. The van der Waals surface area contributed by atoms with Crippen LogP contribution in [0.3, 0.4) is 0 Å². The highest BCUT2D eigenvalue weighted by molar-refractivity contribution is 5.78. The molecule has 0 unspecified atom stereocenters. The Bertz CT molecular complexity index is 802. The van der Waals surface area contributed by atoms with Gasteiger partial charge in [0.2, 0.25) is 11.7 Å². The van der Waals surface area contributed by atoms with Crippen LogP contribution in [-0.4, -0.2) is 45.2 Å². The summed E-state index contributed by atoms with van der Waals surface area (Å²) >= 11 is 0. The molecule has 1 aliphatic heterocycles. The molecule has 6 heteroatoms. The Kier molecular flexibility index (Phi) is 7.36. The summed E-state index contributed by atoms with van der Waals surface area (Å²) in [5.41, 5.74) is 2.18. The molecule has 0 bridgehead atoms. The van der Waals surface area contributed by atoms with E-state index < -0.39 is 0 Å². The Labute approximate surface area is 172 Å². The highest BCUT2D eigenvalue weighted by Crippen LogP contribution is 2.39. The molecule has 0 aliphatic carbocycles. The van der Waals surface area contributed by atoms with Crippen LogP contribution in [0, 0.1) is 5.92 Å². The number of ether oxygens (including phenoxy) is 3. The van der Waals surface area contributed by atoms with Crippen molar-refractivity contribution >= 4 is 5.91 Å². The van der Waals surface area contributed by atoms with Crippen LogP contribution in [0.25, 0.3) is 0 Å². The van der Waals surface area contributed by atoms with Gasteiger partial charge in [0.15, 0.2) is 11.5 Å². The van der Waals surface area contributed by atoms with E-state index in [0.717, 1.165) is 38.0 Å². The molecule has 1 saturated heterocycles. The molecule has 156 valence electrons. The molecular weight excluding hydrogens is 368 g/mol. The van der Waals surface area contributed by atoms with Gasteiger partial charge in [-0.1, -0.05) is 30.3 Å². The van der Waals surface area contributed by atoms with E-state index in [-0.39, 0.29) is 11.8 Å². The lowest BCUT2D eigenvalue weighted by molar-refractivity contribution is -0.126. The lowest BCUT2D eigenvalue weighted by Gasteiger charge is -2.31. The first-order valence-corrected chi connectivity index (χ1v) is 9.98. The zero-order valence-corrected chi connectivity index (χ0v) is 17.4. The van der Waals surface area contributed by atoms with Gasteiger partial charge in [0.05, 0.1) is 21.3 Å². The third-order valence-electron chi connectivity index (χ3n) is 5.45. The number of carbonyl (C=O) groups excluding carboxylic acids is 1. The number of amides is 1. The topological polar surface area (TPSA) is 60.0 Å². The molecule has 0 saturated carbocycles. The van der Waals surface area contributed by atoms with Gasteiger partial charge >= 0.3 is 0 Å². The van der Waals surface area contributed by atoms with Gasteiger partial charge in [-0.05, 0) is 43.6 Å². The third-order valence-corrected chi connectivity index (χ3v) is 5.45. The van der Waals surface area contributed by atoms with Crippen molar-refractivity contribution in [3.05, 3.63) is 53.6 Å². The van der Waals surface area contributed by atoms with Gasteiger partial charge < -0.3 is 19.5 Å². The quantitative estimate of drug-likeness (QED) is 0.740. The minimum atomic E-state index is 0.0492. The molecule has 6 nitrogen and oxygen atoms in total. The zero-order valence-electron chi connectivity index (χ0n) is 17.4. The zero-order chi connectivity index (χ0) is 20.6. The van der Waals surface area contributed by atoms with Gasteiger partial charge in [0.1, 0.15) is 0 Å². The molecule has 2 aromatic rings. The van der Waals surface area contributed by atoms with E-state index in [1.54, 1.807) is 21.3 Å². The second-order valence-electron chi connectivity index (χ2n) is 7.25. The number of hydrogen-bond acceptors (Lipinski definition) is 5. The van der Waals surface area contributed by atoms with E-state index >= 15 is 0 Å². The van der Waals surface area contributed by atoms with Crippen LogP contribution in [0.5, 0.6) is 17.2 Å². The van der Waals surface area contributed by atoms with Crippen molar-refractivity contribution < 1.29 is 19.0 Å². The molecule has 1 heterocycles. The Morgan fingerprint density at radius 1 is 0.966 bits per heavy atom. The first-order chi connectivity index (χ1) is 14.2. The highest BCUT2D eigenvalue weighted by Gasteiger charge is 2.25. The number of rotatable bonds is 8. The number of benzene rings is 2. The number of carbonyl (C=O) groups is 1. The Morgan fingerprint density at radius 2 is 1.66 bits per heavy atom. The van der Waals surface area contributed by atoms with Gasteiger partial charge in [-0.2, -0.15) is 0 Å². The van der Waals surface area contributed by atoms with E-state index in [0.29, 0.717) is 23.8 Å². The smallest absolute Gasteiger partial charge is 0.223 e. The largest absolute Gasteiger partial charge is 0.493 e. The van der Waals surface area contributed by atoms with Crippen LogP contribution in [-0.2, 0) is 17.9 Å². The second kappa shape index (κ2) is 10.2. The molecular formula is C23H30N2O4. The summed E-state index contributed by atoms with van der Waals surface area (Å²) in [4.78, 5) is 15.1. The number of hydrogen-bond donors (Lipinski definition) is 1. The van der Waals surface area contributed by atoms with Crippen LogP contribution in [0.2, 0.25) is 0 Å². The van der Waals surface area contributed by atoms with Crippen molar-refractivity contribution in [2.24, 2.45) is 5.92 Å². The molecule has 1 amide bonds. The van der Waals surface area contributed by atoms with Crippen molar-refractivity contribution in [2.75, 3.05) is 34.4 Å². The normalized spacial score (nSPS) is 15.0. The summed E-state index contributed by atoms with van der Waals surface area (Å²) in [6.45, 7) is 3.21. The fourth-order valence-electron chi connectivity index (χ4n) is 3.82. The SMILES string of the molecule is COc1ccc(CNC(=O)C2CCN(Cc3ccccc3)CC2)c(OC)c1OC. The molecule has 29 heavy (non-hydrogen) atoms. The summed E-state index contributed by atoms with van der Waals surface area (Å²) < 4.78 is 16.2. The van der Waals surface area contributed by atoms with Crippen LogP contribution >= 0.6 is 0 Å². The molecule has 0 aromatic heterocycles. The lowest BCUT2D eigenvalue weighted by Crippen LogP contribution is -2.40. The summed E-state index contributed by atoms with van der Waals surface area (Å²) in [6.07, 6.45) is 1.75. The van der Waals surface area contributed by atoms with Crippen LogP contribution in [0.1, 0.15) is 24.0 Å². The first-order valence-electron chi connectivity index (χ1n) is 9.98. The number of likely N-dealkylation sites (tertiary alicyclic amines) is 1. The van der Waals surface area contributed by atoms with Crippen molar-refractivity contribution in [1.29, 1.82) is 0 Å². The molecule has 1 aliphatic rings. The van der Waals surface area contributed by atoms with Crippen molar-refractivity contribution in [1.82, 2.24) is 10.2 Å². The third kappa shape index (κ3) is 5.21. The van der Waals surface area contributed by atoms with E-state index in [1.807, 2.05) is 18.2 Å². The fourth-order valence-corrected chi connectivity index (χ4v) is 3.82. The van der Waals surface area contributed by atoms with Crippen molar-refractivity contribution in [2.45, 2.75) is 25.9 Å². The standard InChI is InChI=1S/C23H30N2O4/c1-27-20-10-9-19(21(28-2)22(20)29-3)15-24-23(26)18-11-13-25(14-12-18)16-17-7-5-4-6-8-17/h4-10,18H,11-16H2,1-3H3,(H,24,26). The predicted octanol–water partition coefficient (Wildman–Crippen LogP) is 3.24. The first kappa shape index (κ1) is 21.0. The lowest BCUT2D eigenvalue weighted by atomic mass is 9.95. The van der Waals surface area contributed by atoms with Gasteiger partial charge in [0.25, 0.3) is 0 Å². The van der Waals surface area contributed by atoms with Gasteiger partial charge in [0, 0.05) is 24.6 Å². The van der Waals surface area contributed by atoms with E-state index in [4.69, 9.17) is 14.2 Å². The van der Waals surface area contributed by atoms with Gasteiger partial charge in [-0.15, -0.1) is 0 Å². The molecule has 0 atom stereocenters. The Hall–Kier alpha value is -2.73. The minimum absolute atomic E-state index is 0.0492. The average molecular weight is 399 g/mol. The van der Waals surface area contributed by atoms with Crippen molar-refractivity contribution in [3.63, 3.8) is 0 Å². The summed E-state index contributed by atoms with van der Waals surface area (Å²) in [5.74, 6) is 1.88. The number of methoxy groups -OCH3 is 3. The van der Waals surface area contributed by atoms with E-state index in [1.165, 1.54) is 5.56 Å². The molecule has 2 aromatic carbocycles.